The molecule has 6 heteroatoms. The van der Waals surface area contributed by atoms with E-state index in [4.69, 9.17) is 10.5 Å². The maximum absolute atomic E-state index is 12.8. The molecule has 0 aliphatic rings. The van der Waals surface area contributed by atoms with E-state index in [1.54, 1.807) is 60.0 Å². The first-order chi connectivity index (χ1) is 11.5. The molecule has 0 saturated heterocycles. The van der Waals surface area contributed by atoms with Crippen molar-refractivity contribution in [2.24, 2.45) is 0 Å². The number of hydrogen-bond donors (Lipinski definition) is 1. The molecule has 0 aliphatic heterocycles. The van der Waals surface area contributed by atoms with Crippen LogP contribution in [0.5, 0.6) is 0 Å². The maximum Gasteiger partial charge on any atom is 0.340 e. The summed E-state index contributed by atoms with van der Waals surface area (Å²) >= 11 is 3.35. The SMILES string of the molecule is CCOC(=O)c1cc(C(=O)c2ccc(Br)cc2)n2ccc(N)cc12. The Morgan fingerprint density at radius 2 is 1.88 bits per heavy atom. The number of rotatable bonds is 4. The van der Waals surface area contributed by atoms with Gasteiger partial charge in [0.25, 0.3) is 0 Å². The smallest absolute Gasteiger partial charge is 0.340 e. The number of aromatic nitrogens is 1. The lowest BCUT2D eigenvalue weighted by atomic mass is 10.1. The molecule has 0 fully saturated rings. The van der Waals surface area contributed by atoms with Crippen LogP contribution in [0.2, 0.25) is 0 Å². The van der Waals surface area contributed by atoms with Crippen LogP contribution in [0.1, 0.15) is 33.3 Å². The molecule has 0 atom stereocenters. The Bertz CT molecular complexity index is 929. The summed E-state index contributed by atoms with van der Waals surface area (Å²) in [4.78, 5) is 25.0. The molecule has 2 aromatic heterocycles. The second kappa shape index (κ2) is 6.49. The van der Waals surface area contributed by atoms with E-state index in [9.17, 15) is 9.59 Å². The average molecular weight is 387 g/mol. The summed E-state index contributed by atoms with van der Waals surface area (Å²) in [7, 11) is 0. The molecule has 0 saturated carbocycles. The van der Waals surface area contributed by atoms with Crippen molar-refractivity contribution in [3.8, 4) is 0 Å². The summed E-state index contributed by atoms with van der Waals surface area (Å²) in [6, 6.07) is 11.9. The predicted octanol–water partition coefficient (Wildman–Crippen LogP) is 3.69. The largest absolute Gasteiger partial charge is 0.462 e. The number of pyridine rings is 1. The third-order valence-corrected chi connectivity index (χ3v) is 4.16. The first kappa shape index (κ1) is 16.3. The molecule has 0 spiro atoms. The number of nitrogen functional groups attached to an aromatic ring is 1. The Morgan fingerprint density at radius 1 is 1.17 bits per heavy atom. The van der Waals surface area contributed by atoms with Crippen LogP contribution >= 0.6 is 15.9 Å². The average Bonchev–Trinajstić information content (AvgIpc) is 2.94. The number of esters is 1. The molecule has 0 aliphatic carbocycles. The summed E-state index contributed by atoms with van der Waals surface area (Å²) < 4.78 is 7.63. The minimum Gasteiger partial charge on any atom is -0.462 e. The molecular weight excluding hydrogens is 372 g/mol. The van der Waals surface area contributed by atoms with Crippen molar-refractivity contribution in [3.63, 3.8) is 0 Å². The number of carbonyl (C=O) groups excluding carboxylic acids is 2. The minimum atomic E-state index is -0.476. The number of benzene rings is 1. The molecule has 122 valence electrons. The van der Waals surface area contributed by atoms with Gasteiger partial charge in [-0.2, -0.15) is 0 Å². The summed E-state index contributed by atoms with van der Waals surface area (Å²) in [6.45, 7) is 1.99. The number of anilines is 1. The van der Waals surface area contributed by atoms with E-state index in [0.29, 0.717) is 28.0 Å². The number of ether oxygens (including phenoxy) is 1. The van der Waals surface area contributed by atoms with E-state index >= 15 is 0 Å². The van der Waals surface area contributed by atoms with E-state index < -0.39 is 5.97 Å². The second-order valence-corrected chi connectivity index (χ2v) is 6.13. The number of ketones is 1. The van der Waals surface area contributed by atoms with Gasteiger partial charge in [-0.05, 0) is 49.4 Å². The predicted molar refractivity (Wildman–Crippen MR) is 95.3 cm³/mol. The number of nitrogens with zero attached hydrogens (tertiary/aromatic N) is 1. The maximum atomic E-state index is 12.8. The van der Waals surface area contributed by atoms with E-state index in [-0.39, 0.29) is 12.4 Å². The molecule has 2 N–H and O–H groups in total. The highest BCUT2D eigenvalue weighted by Crippen LogP contribution is 2.23. The normalized spacial score (nSPS) is 10.8. The Kier molecular flexibility index (Phi) is 4.40. The van der Waals surface area contributed by atoms with Gasteiger partial charge in [-0.25, -0.2) is 4.79 Å². The summed E-state index contributed by atoms with van der Waals surface area (Å²) in [5.41, 5.74) is 8.12. The standard InChI is InChI=1S/C18H15BrN2O3/c1-2-24-18(23)14-10-16(21-8-7-13(20)9-15(14)21)17(22)11-3-5-12(19)6-4-11/h3-10H,2,20H2,1H3. The van der Waals surface area contributed by atoms with Crippen LogP contribution in [0.25, 0.3) is 5.52 Å². The Labute approximate surface area is 147 Å². The first-order valence-corrected chi connectivity index (χ1v) is 8.18. The molecule has 5 nitrogen and oxygen atoms in total. The molecular formula is C18H15BrN2O3. The summed E-state index contributed by atoms with van der Waals surface area (Å²) in [5, 5.41) is 0. The van der Waals surface area contributed by atoms with Gasteiger partial charge < -0.3 is 14.9 Å². The van der Waals surface area contributed by atoms with Crippen LogP contribution in [0.15, 0.2) is 53.1 Å². The first-order valence-electron chi connectivity index (χ1n) is 7.39. The molecule has 3 aromatic rings. The van der Waals surface area contributed by atoms with Gasteiger partial charge in [0.05, 0.1) is 23.4 Å². The van der Waals surface area contributed by atoms with Gasteiger partial charge in [-0.1, -0.05) is 15.9 Å². The third kappa shape index (κ3) is 2.92. The van der Waals surface area contributed by atoms with Crippen LogP contribution in [0.4, 0.5) is 5.69 Å². The van der Waals surface area contributed by atoms with E-state index in [2.05, 4.69) is 15.9 Å². The Morgan fingerprint density at radius 3 is 2.54 bits per heavy atom. The summed E-state index contributed by atoms with van der Waals surface area (Å²) in [6.07, 6.45) is 1.68. The van der Waals surface area contributed by atoms with Crippen LogP contribution in [-0.2, 0) is 4.74 Å². The molecule has 0 unspecified atom stereocenters. The number of nitrogens with two attached hydrogens (primary N) is 1. The lowest BCUT2D eigenvalue weighted by Gasteiger charge is -2.04. The lowest BCUT2D eigenvalue weighted by molar-refractivity contribution is 0.0529. The molecule has 1 aromatic carbocycles. The van der Waals surface area contributed by atoms with Crippen LogP contribution < -0.4 is 5.73 Å². The minimum absolute atomic E-state index is 0.183. The van der Waals surface area contributed by atoms with Gasteiger partial charge >= 0.3 is 5.97 Å². The van der Waals surface area contributed by atoms with Gasteiger partial charge in [0.2, 0.25) is 5.78 Å². The van der Waals surface area contributed by atoms with E-state index in [1.165, 1.54) is 0 Å². The molecule has 24 heavy (non-hydrogen) atoms. The van der Waals surface area contributed by atoms with Crippen molar-refractivity contribution in [1.29, 1.82) is 0 Å². The topological polar surface area (TPSA) is 73.8 Å². The van der Waals surface area contributed by atoms with Gasteiger partial charge in [0.15, 0.2) is 0 Å². The van der Waals surface area contributed by atoms with Crippen molar-refractivity contribution >= 4 is 38.9 Å². The number of carbonyl (C=O) groups is 2. The molecule has 2 heterocycles. The Balaban J connectivity index is 2.15. The summed E-state index contributed by atoms with van der Waals surface area (Å²) in [5.74, 6) is -0.659. The van der Waals surface area contributed by atoms with Crippen molar-refractivity contribution in [2.75, 3.05) is 12.3 Å². The van der Waals surface area contributed by atoms with Gasteiger partial charge in [-0.15, -0.1) is 0 Å². The number of hydrogen-bond acceptors (Lipinski definition) is 4. The van der Waals surface area contributed by atoms with Crippen molar-refractivity contribution in [3.05, 3.63) is 70.0 Å². The van der Waals surface area contributed by atoms with Crippen molar-refractivity contribution < 1.29 is 14.3 Å². The second-order valence-electron chi connectivity index (χ2n) is 5.22. The highest BCUT2D eigenvalue weighted by Gasteiger charge is 2.21. The molecule has 0 amide bonds. The zero-order valence-corrected chi connectivity index (χ0v) is 14.5. The van der Waals surface area contributed by atoms with Crippen LogP contribution in [0.3, 0.4) is 0 Å². The van der Waals surface area contributed by atoms with Crippen molar-refractivity contribution in [1.82, 2.24) is 4.40 Å². The quantitative estimate of drug-likeness (QED) is 0.547. The zero-order chi connectivity index (χ0) is 17.3. The fraction of sp³-hybridized carbons (Fsp3) is 0.111. The zero-order valence-electron chi connectivity index (χ0n) is 13.0. The van der Waals surface area contributed by atoms with Gasteiger partial charge in [-0.3, -0.25) is 4.79 Å². The van der Waals surface area contributed by atoms with Gasteiger partial charge in [0.1, 0.15) is 0 Å². The van der Waals surface area contributed by atoms with E-state index in [0.717, 1.165) is 4.47 Å². The third-order valence-electron chi connectivity index (χ3n) is 3.63. The van der Waals surface area contributed by atoms with Gasteiger partial charge in [0, 0.05) is 21.9 Å². The molecule has 0 radical (unpaired) electrons. The van der Waals surface area contributed by atoms with Crippen LogP contribution in [-0.4, -0.2) is 22.8 Å². The number of halogens is 1. The monoisotopic (exact) mass is 386 g/mol. The highest BCUT2D eigenvalue weighted by molar-refractivity contribution is 9.10. The fourth-order valence-corrected chi connectivity index (χ4v) is 2.77. The van der Waals surface area contributed by atoms with Crippen molar-refractivity contribution in [2.45, 2.75) is 6.92 Å². The lowest BCUT2D eigenvalue weighted by Crippen LogP contribution is -2.05. The molecule has 3 rings (SSSR count). The fourth-order valence-electron chi connectivity index (χ4n) is 2.51. The highest BCUT2D eigenvalue weighted by atomic mass is 79.9. The van der Waals surface area contributed by atoms with E-state index in [1.807, 2.05) is 0 Å². The van der Waals surface area contributed by atoms with Crippen LogP contribution in [0, 0.1) is 0 Å². The molecule has 0 bridgehead atoms. The number of fused-ring (bicyclic) bond motifs is 1. The Hall–Kier alpha value is -2.60.